The molecular formula is C22H30N2O3. The zero-order valence-electron chi connectivity index (χ0n) is 16.4. The highest BCUT2D eigenvalue weighted by Gasteiger charge is 2.36. The first-order valence-electron chi connectivity index (χ1n) is 10.1. The molecule has 1 unspecified atom stereocenters. The highest BCUT2D eigenvalue weighted by atomic mass is 16.5. The Morgan fingerprint density at radius 2 is 2.11 bits per heavy atom. The lowest BCUT2D eigenvalue weighted by Crippen LogP contribution is -2.33. The van der Waals surface area contributed by atoms with E-state index in [1.807, 2.05) is 38.1 Å². The molecule has 2 amide bonds. The van der Waals surface area contributed by atoms with E-state index in [0.29, 0.717) is 18.8 Å². The molecule has 146 valence electrons. The van der Waals surface area contributed by atoms with Crippen LogP contribution in [0.4, 0.5) is 5.69 Å². The zero-order chi connectivity index (χ0) is 19.2. The quantitative estimate of drug-likeness (QED) is 0.742. The van der Waals surface area contributed by atoms with Gasteiger partial charge in [-0.25, -0.2) is 0 Å². The first-order valence-corrected chi connectivity index (χ1v) is 10.1. The van der Waals surface area contributed by atoms with Crippen LogP contribution in [0.3, 0.4) is 0 Å². The van der Waals surface area contributed by atoms with Crippen molar-refractivity contribution in [1.82, 2.24) is 5.32 Å². The molecule has 0 radical (unpaired) electrons. The van der Waals surface area contributed by atoms with E-state index < -0.39 is 0 Å². The highest BCUT2D eigenvalue weighted by Crippen LogP contribution is 2.33. The van der Waals surface area contributed by atoms with Gasteiger partial charge in [0, 0.05) is 19.5 Å². The number of nitrogens with one attached hydrogen (secondary N) is 1. The van der Waals surface area contributed by atoms with Gasteiger partial charge in [-0.2, -0.15) is 0 Å². The van der Waals surface area contributed by atoms with Gasteiger partial charge in [-0.3, -0.25) is 9.59 Å². The maximum atomic E-state index is 12.5. The average molecular weight is 370 g/mol. The molecule has 3 rings (SSSR count). The highest BCUT2D eigenvalue weighted by molar-refractivity contribution is 6.01. The van der Waals surface area contributed by atoms with Gasteiger partial charge >= 0.3 is 0 Å². The third-order valence-electron chi connectivity index (χ3n) is 5.14. The van der Waals surface area contributed by atoms with Gasteiger partial charge in [-0.15, -0.1) is 0 Å². The molecule has 0 saturated carbocycles. The summed E-state index contributed by atoms with van der Waals surface area (Å²) in [5, 5.41) is 3.02. The minimum Gasteiger partial charge on any atom is -0.489 e. The molecule has 5 heteroatoms. The smallest absolute Gasteiger partial charge is 0.227 e. The number of hydrogen-bond donors (Lipinski definition) is 1. The Labute approximate surface area is 161 Å². The second kappa shape index (κ2) is 9.07. The maximum Gasteiger partial charge on any atom is 0.227 e. The van der Waals surface area contributed by atoms with Crippen LogP contribution in [0.2, 0.25) is 0 Å². The van der Waals surface area contributed by atoms with Crippen molar-refractivity contribution in [1.29, 1.82) is 0 Å². The molecule has 1 aliphatic heterocycles. The summed E-state index contributed by atoms with van der Waals surface area (Å²) in [5.74, 6) is 0.338. The predicted octanol–water partition coefficient (Wildman–Crippen LogP) is 3.83. The Balaban J connectivity index is 1.57. The van der Waals surface area contributed by atoms with Crippen LogP contribution in [0.1, 0.15) is 52.4 Å². The van der Waals surface area contributed by atoms with Gasteiger partial charge < -0.3 is 15.0 Å². The van der Waals surface area contributed by atoms with Gasteiger partial charge in [0.1, 0.15) is 5.75 Å². The van der Waals surface area contributed by atoms with Crippen LogP contribution >= 0.6 is 0 Å². The van der Waals surface area contributed by atoms with Crippen molar-refractivity contribution in [3.8, 4) is 5.75 Å². The fourth-order valence-corrected chi connectivity index (χ4v) is 3.77. The number of para-hydroxylation sites is 2. The van der Waals surface area contributed by atoms with Crippen molar-refractivity contribution in [3.05, 3.63) is 35.9 Å². The Kier molecular flexibility index (Phi) is 6.54. The summed E-state index contributed by atoms with van der Waals surface area (Å²) in [6, 6.07) is 7.53. The van der Waals surface area contributed by atoms with Crippen LogP contribution in [0.25, 0.3) is 0 Å². The number of amides is 2. The Morgan fingerprint density at radius 3 is 2.85 bits per heavy atom. The summed E-state index contributed by atoms with van der Waals surface area (Å²) in [6.45, 7) is 4.98. The summed E-state index contributed by atoms with van der Waals surface area (Å²) < 4.78 is 5.83. The molecule has 1 fully saturated rings. The van der Waals surface area contributed by atoms with E-state index in [9.17, 15) is 9.59 Å². The predicted molar refractivity (Wildman–Crippen MR) is 107 cm³/mol. The number of benzene rings is 1. The van der Waals surface area contributed by atoms with E-state index in [1.54, 1.807) is 4.90 Å². The topological polar surface area (TPSA) is 58.6 Å². The fourth-order valence-electron chi connectivity index (χ4n) is 3.77. The van der Waals surface area contributed by atoms with E-state index in [1.165, 1.54) is 18.4 Å². The molecule has 0 spiro atoms. The van der Waals surface area contributed by atoms with Crippen LogP contribution in [0.15, 0.2) is 35.9 Å². The van der Waals surface area contributed by atoms with E-state index in [4.69, 9.17) is 4.74 Å². The van der Waals surface area contributed by atoms with Crippen molar-refractivity contribution in [2.75, 3.05) is 18.0 Å². The average Bonchev–Trinajstić information content (AvgIpc) is 3.04. The van der Waals surface area contributed by atoms with Crippen LogP contribution in [0.5, 0.6) is 5.75 Å². The van der Waals surface area contributed by atoms with Gasteiger partial charge in [0.25, 0.3) is 0 Å². The van der Waals surface area contributed by atoms with Gasteiger partial charge in [0.2, 0.25) is 11.8 Å². The molecule has 5 nitrogen and oxygen atoms in total. The Bertz CT molecular complexity index is 711. The van der Waals surface area contributed by atoms with Gasteiger partial charge in [0.15, 0.2) is 0 Å². The van der Waals surface area contributed by atoms with Crippen molar-refractivity contribution >= 4 is 17.5 Å². The number of anilines is 1. The van der Waals surface area contributed by atoms with Crippen molar-refractivity contribution in [2.24, 2.45) is 5.92 Å². The molecule has 27 heavy (non-hydrogen) atoms. The number of carbonyl (C=O) groups is 2. The summed E-state index contributed by atoms with van der Waals surface area (Å²) in [7, 11) is 0. The molecule has 1 aliphatic carbocycles. The fraction of sp³-hybridized carbons (Fsp3) is 0.545. The number of allylic oxidation sites excluding steroid dienone is 1. The van der Waals surface area contributed by atoms with Crippen LogP contribution in [-0.2, 0) is 9.59 Å². The number of nitrogens with zero attached hydrogens (tertiary/aromatic N) is 1. The molecule has 1 heterocycles. The lowest BCUT2D eigenvalue weighted by Gasteiger charge is -2.21. The second-order valence-corrected chi connectivity index (χ2v) is 7.69. The van der Waals surface area contributed by atoms with Crippen LogP contribution in [0, 0.1) is 5.92 Å². The molecule has 2 aliphatic rings. The van der Waals surface area contributed by atoms with E-state index in [2.05, 4.69) is 11.4 Å². The summed E-state index contributed by atoms with van der Waals surface area (Å²) in [4.78, 5) is 26.7. The monoisotopic (exact) mass is 370 g/mol. The Morgan fingerprint density at radius 1 is 1.30 bits per heavy atom. The normalized spacial score (nSPS) is 20.0. The largest absolute Gasteiger partial charge is 0.489 e. The number of carbonyl (C=O) groups excluding carboxylic acids is 2. The molecule has 1 saturated heterocycles. The van der Waals surface area contributed by atoms with Crippen molar-refractivity contribution < 1.29 is 14.3 Å². The number of ether oxygens (including phenoxy) is 1. The van der Waals surface area contributed by atoms with E-state index in [-0.39, 0.29) is 30.3 Å². The first-order chi connectivity index (χ1) is 13.0. The minimum atomic E-state index is -0.301. The molecule has 0 aromatic heterocycles. The van der Waals surface area contributed by atoms with Gasteiger partial charge in [0.05, 0.1) is 17.7 Å². The minimum absolute atomic E-state index is 0.0232. The van der Waals surface area contributed by atoms with Gasteiger partial charge in [-0.1, -0.05) is 23.8 Å². The summed E-state index contributed by atoms with van der Waals surface area (Å²) >= 11 is 0. The summed E-state index contributed by atoms with van der Waals surface area (Å²) in [5.41, 5.74) is 2.20. The lowest BCUT2D eigenvalue weighted by atomic mass is 9.97. The van der Waals surface area contributed by atoms with Crippen LogP contribution in [-0.4, -0.2) is 31.0 Å². The standard InChI is InChI=1S/C22H30N2O3/c1-16(2)27-20-11-7-6-10-19(20)24-15-18(14-21(24)25)22(26)23-13-12-17-8-4-3-5-9-17/h6-8,10-11,16,18H,3-5,9,12-15H2,1-2H3,(H,23,26). The Hall–Kier alpha value is -2.30. The van der Waals surface area contributed by atoms with E-state index >= 15 is 0 Å². The second-order valence-electron chi connectivity index (χ2n) is 7.69. The first kappa shape index (κ1) is 19.5. The molecule has 1 aromatic carbocycles. The third kappa shape index (κ3) is 5.12. The van der Waals surface area contributed by atoms with Gasteiger partial charge in [-0.05, 0) is 58.1 Å². The van der Waals surface area contributed by atoms with E-state index in [0.717, 1.165) is 24.9 Å². The number of hydrogen-bond acceptors (Lipinski definition) is 3. The van der Waals surface area contributed by atoms with Crippen LogP contribution < -0.4 is 15.0 Å². The third-order valence-corrected chi connectivity index (χ3v) is 5.14. The van der Waals surface area contributed by atoms with Crippen molar-refractivity contribution in [3.63, 3.8) is 0 Å². The molecule has 1 N–H and O–H groups in total. The summed E-state index contributed by atoms with van der Waals surface area (Å²) in [6.07, 6.45) is 8.35. The number of rotatable bonds is 7. The maximum absolute atomic E-state index is 12.5. The lowest BCUT2D eigenvalue weighted by molar-refractivity contribution is -0.126. The molecule has 1 aromatic rings. The molecule has 0 bridgehead atoms. The SMILES string of the molecule is CC(C)Oc1ccccc1N1CC(C(=O)NCCC2=CCCCC2)CC1=O. The molecular weight excluding hydrogens is 340 g/mol. The van der Waals surface area contributed by atoms with Crippen molar-refractivity contribution in [2.45, 2.75) is 58.5 Å². The molecule has 1 atom stereocenters. The zero-order valence-corrected chi connectivity index (χ0v) is 16.4.